The van der Waals surface area contributed by atoms with Gasteiger partial charge in [0.1, 0.15) is 12.4 Å². The fraction of sp³-hybridized carbons (Fsp3) is 0.368. The molecule has 6 heteroatoms. The molecule has 1 saturated heterocycles. The first-order valence-electron chi connectivity index (χ1n) is 8.56. The van der Waals surface area contributed by atoms with Crippen LogP contribution >= 0.6 is 15.9 Å². The molecule has 0 radical (unpaired) electrons. The molecule has 0 unspecified atom stereocenters. The van der Waals surface area contributed by atoms with Gasteiger partial charge < -0.3 is 9.64 Å². The lowest BCUT2D eigenvalue weighted by atomic mass is 10.2. The van der Waals surface area contributed by atoms with E-state index in [2.05, 4.69) is 37.0 Å². The summed E-state index contributed by atoms with van der Waals surface area (Å²) in [5, 5.41) is 5.50. The fourth-order valence-corrected chi connectivity index (χ4v) is 3.77. The molecule has 0 N–H and O–H groups in total. The number of nitrogens with zero attached hydrogens (tertiary/aromatic N) is 4. The minimum absolute atomic E-state index is 0.369. The van der Waals surface area contributed by atoms with E-state index in [9.17, 15) is 0 Å². The van der Waals surface area contributed by atoms with E-state index in [4.69, 9.17) is 4.74 Å². The van der Waals surface area contributed by atoms with Crippen molar-refractivity contribution in [1.29, 1.82) is 0 Å². The molecule has 0 amide bonds. The van der Waals surface area contributed by atoms with Crippen LogP contribution in [0.25, 0.3) is 11.0 Å². The fourth-order valence-electron chi connectivity index (χ4n) is 3.51. The van der Waals surface area contributed by atoms with Crippen LogP contribution in [-0.4, -0.2) is 34.0 Å². The summed E-state index contributed by atoms with van der Waals surface area (Å²) in [6.07, 6.45) is 4.24. The van der Waals surface area contributed by atoms with E-state index in [1.54, 1.807) is 0 Å². The zero-order valence-electron chi connectivity index (χ0n) is 14.4. The zero-order chi connectivity index (χ0) is 17.4. The molecule has 4 rings (SSSR count). The maximum Gasteiger partial charge on any atom is 0.159 e. The molecule has 1 aliphatic rings. The number of ether oxygens (including phenoxy) is 1. The van der Waals surface area contributed by atoms with Gasteiger partial charge in [0.15, 0.2) is 5.65 Å². The smallest absolute Gasteiger partial charge is 0.159 e. The monoisotopic (exact) mass is 400 g/mol. The lowest BCUT2D eigenvalue weighted by molar-refractivity contribution is 0.288. The van der Waals surface area contributed by atoms with Gasteiger partial charge >= 0.3 is 0 Å². The second kappa shape index (κ2) is 6.67. The third-order valence-electron chi connectivity index (χ3n) is 4.75. The number of pyridine rings is 1. The van der Waals surface area contributed by atoms with Gasteiger partial charge in [0.2, 0.25) is 0 Å². The van der Waals surface area contributed by atoms with Gasteiger partial charge in [-0.1, -0.05) is 15.9 Å². The van der Waals surface area contributed by atoms with Gasteiger partial charge in [-0.25, -0.2) is 4.98 Å². The van der Waals surface area contributed by atoms with E-state index in [-0.39, 0.29) is 0 Å². The normalized spacial score (nSPS) is 17.4. The van der Waals surface area contributed by atoms with Crippen LogP contribution in [0.15, 0.2) is 41.0 Å². The summed E-state index contributed by atoms with van der Waals surface area (Å²) >= 11 is 3.46. The Morgan fingerprint density at radius 1 is 1.28 bits per heavy atom. The maximum atomic E-state index is 6.05. The first-order chi connectivity index (χ1) is 12.1. The summed E-state index contributed by atoms with van der Waals surface area (Å²) in [6.45, 7) is 3.77. The van der Waals surface area contributed by atoms with E-state index in [1.807, 2.05) is 49.1 Å². The quantitative estimate of drug-likeness (QED) is 0.661. The van der Waals surface area contributed by atoms with Crippen molar-refractivity contribution in [2.45, 2.75) is 25.8 Å². The Morgan fingerprint density at radius 2 is 2.08 bits per heavy atom. The van der Waals surface area contributed by atoms with E-state index in [0.717, 1.165) is 39.9 Å². The predicted molar refractivity (Wildman–Crippen MR) is 103 cm³/mol. The van der Waals surface area contributed by atoms with Crippen LogP contribution in [0, 0.1) is 6.92 Å². The standard InChI is InChI=1S/C19H21BrN4O/c1-13-10-18(17-11-21-23(2)19(17)22-13)24-9-3-4-15(24)12-25-16-7-5-14(20)6-8-16/h5-8,10-11,15H,3-4,9,12H2,1-2H3/t15-/m0/s1. The van der Waals surface area contributed by atoms with Gasteiger partial charge in [0.25, 0.3) is 0 Å². The number of benzene rings is 1. The van der Waals surface area contributed by atoms with Crippen LogP contribution in [0.4, 0.5) is 5.69 Å². The van der Waals surface area contributed by atoms with Crippen molar-refractivity contribution in [3.63, 3.8) is 0 Å². The third-order valence-corrected chi connectivity index (χ3v) is 5.28. The molecule has 3 aromatic rings. The summed E-state index contributed by atoms with van der Waals surface area (Å²) in [5.74, 6) is 0.910. The van der Waals surface area contributed by atoms with Crippen molar-refractivity contribution in [2.24, 2.45) is 7.05 Å². The first-order valence-corrected chi connectivity index (χ1v) is 9.35. The van der Waals surface area contributed by atoms with Crippen molar-refractivity contribution in [3.05, 3.63) is 46.7 Å². The molecular formula is C19H21BrN4O. The van der Waals surface area contributed by atoms with Gasteiger partial charge in [0.05, 0.1) is 23.3 Å². The SMILES string of the molecule is Cc1cc(N2CCC[C@H]2COc2ccc(Br)cc2)c2cnn(C)c2n1. The Kier molecular flexibility index (Phi) is 4.37. The molecule has 2 aromatic heterocycles. The predicted octanol–water partition coefficient (Wildman–Crippen LogP) is 4.09. The van der Waals surface area contributed by atoms with Crippen molar-refractivity contribution < 1.29 is 4.74 Å². The number of anilines is 1. The van der Waals surface area contributed by atoms with E-state index in [0.29, 0.717) is 12.6 Å². The molecule has 0 spiro atoms. The number of hydrogen-bond acceptors (Lipinski definition) is 4. The molecule has 0 bridgehead atoms. The van der Waals surface area contributed by atoms with E-state index in [1.165, 1.54) is 12.1 Å². The lowest BCUT2D eigenvalue weighted by Gasteiger charge is -2.27. The number of halogens is 1. The molecule has 0 saturated carbocycles. The van der Waals surface area contributed by atoms with Gasteiger partial charge in [-0.15, -0.1) is 0 Å². The first kappa shape index (κ1) is 16.4. The summed E-state index contributed by atoms with van der Waals surface area (Å²) in [4.78, 5) is 7.09. The number of aromatic nitrogens is 3. The minimum atomic E-state index is 0.369. The Balaban J connectivity index is 1.58. The summed E-state index contributed by atoms with van der Waals surface area (Å²) in [7, 11) is 1.94. The highest BCUT2D eigenvalue weighted by atomic mass is 79.9. The average Bonchev–Trinajstić information content (AvgIpc) is 3.21. The molecule has 5 nitrogen and oxygen atoms in total. The summed E-state index contributed by atoms with van der Waals surface area (Å²) in [5.41, 5.74) is 3.18. The van der Waals surface area contributed by atoms with Gasteiger partial charge in [-0.2, -0.15) is 5.10 Å². The number of hydrogen-bond donors (Lipinski definition) is 0. The molecule has 1 aliphatic heterocycles. The largest absolute Gasteiger partial charge is 0.491 e. The van der Waals surface area contributed by atoms with E-state index >= 15 is 0 Å². The van der Waals surface area contributed by atoms with Crippen LogP contribution in [0.1, 0.15) is 18.5 Å². The maximum absolute atomic E-state index is 6.05. The second-order valence-corrected chi connectivity index (χ2v) is 7.46. The summed E-state index contributed by atoms with van der Waals surface area (Å²) < 4.78 is 8.95. The Bertz CT molecular complexity index is 890. The van der Waals surface area contributed by atoms with Crippen molar-refractivity contribution in [3.8, 4) is 5.75 Å². The number of aryl methyl sites for hydroxylation is 2. The summed E-state index contributed by atoms with van der Waals surface area (Å²) in [6, 6.07) is 10.6. The van der Waals surface area contributed by atoms with Gasteiger partial charge in [0, 0.05) is 23.8 Å². The average molecular weight is 401 g/mol. The van der Waals surface area contributed by atoms with Gasteiger partial charge in [-0.05, 0) is 50.1 Å². The third kappa shape index (κ3) is 3.23. The topological polar surface area (TPSA) is 43.2 Å². The lowest BCUT2D eigenvalue weighted by Crippen LogP contribution is -2.34. The van der Waals surface area contributed by atoms with Crippen molar-refractivity contribution in [1.82, 2.24) is 14.8 Å². The van der Waals surface area contributed by atoms with E-state index < -0.39 is 0 Å². The van der Waals surface area contributed by atoms with Gasteiger partial charge in [-0.3, -0.25) is 4.68 Å². The molecule has 1 aromatic carbocycles. The zero-order valence-corrected chi connectivity index (χ0v) is 16.0. The molecule has 1 fully saturated rings. The molecular weight excluding hydrogens is 380 g/mol. The van der Waals surface area contributed by atoms with Crippen LogP contribution in [-0.2, 0) is 7.05 Å². The Hall–Kier alpha value is -2.08. The molecule has 3 heterocycles. The second-order valence-electron chi connectivity index (χ2n) is 6.54. The molecule has 1 atom stereocenters. The minimum Gasteiger partial charge on any atom is -0.491 e. The van der Waals surface area contributed by atoms with Crippen molar-refractivity contribution in [2.75, 3.05) is 18.1 Å². The van der Waals surface area contributed by atoms with Crippen LogP contribution in [0.2, 0.25) is 0 Å². The highest BCUT2D eigenvalue weighted by Gasteiger charge is 2.27. The molecule has 130 valence electrons. The number of rotatable bonds is 4. The van der Waals surface area contributed by atoms with Crippen LogP contribution in [0.5, 0.6) is 5.75 Å². The van der Waals surface area contributed by atoms with Crippen molar-refractivity contribution >= 4 is 32.7 Å². The molecule has 25 heavy (non-hydrogen) atoms. The Labute approximate surface area is 155 Å². The van der Waals surface area contributed by atoms with Crippen LogP contribution in [0.3, 0.4) is 0 Å². The highest BCUT2D eigenvalue weighted by Crippen LogP contribution is 2.32. The molecule has 0 aliphatic carbocycles. The van der Waals surface area contributed by atoms with Crippen LogP contribution < -0.4 is 9.64 Å². The number of fused-ring (bicyclic) bond motifs is 1. The Morgan fingerprint density at radius 3 is 2.88 bits per heavy atom. The highest BCUT2D eigenvalue weighted by molar-refractivity contribution is 9.10.